The van der Waals surface area contributed by atoms with Crippen molar-refractivity contribution in [2.75, 3.05) is 10.9 Å². The Hall–Kier alpha value is -3.82. The molecule has 0 spiro atoms. The molecule has 184 valence electrons. The average molecular weight is 529 g/mol. The average Bonchev–Trinajstić information content (AvgIpc) is 2.89. The number of aromatic nitrogens is 1. The lowest BCUT2D eigenvalue weighted by atomic mass is 10.1. The van der Waals surface area contributed by atoms with Gasteiger partial charge in [0.15, 0.2) is 0 Å². The Balaban J connectivity index is 1.85. The maximum atomic E-state index is 15.1. The number of carbonyl (C=O) groups excluding carboxylic acids is 1. The van der Waals surface area contributed by atoms with Gasteiger partial charge in [-0.3, -0.25) is 9.29 Å². The van der Waals surface area contributed by atoms with Crippen LogP contribution in [0.15, 0.2) is 102 Å². The van der Waals surface area contributed by atoms with E-state index in [0.717, 1.165) is 22.5 Å². The topological polar surface area (TPSA) is 76.6 Å². The Morgan fingerprint density at radius 3 is 2.28 bits per heavy atom. The van der Waals surface area contributed by atoms with Crippen molar-refractivity contribution in [2.24, 2.45) is 0 Å². The number of pyridine rings is 1. The molecule has 4 aromatic rings. The molecule has 0 saturated heterocycles. The van der Waals surface area contributed by atoms with E-state index in [0.29, 0.717) is 10.6 Å². The van der Waals surface area contributed by atoms with Gasteiger partial charge in [0.05, 0.1) is 16.1 Å². The van der Waals surface area contributed by atoms with Gasteiger partial charge in [-0.15, -0.1) is 0 Å². The Kier molecular flexibility index (Phi) is 7.61. The summed E-state index contributed by atoms with van der Waals surface area (Å²) in [5.74, 6) is -2.56. The summed E-state index contributed by atoms with van der Waals surface area (Å²) in [6.45, 7) is -0.492. The van der Waals surface area contributed by atoms with E-state index >= 15 is 4.39 Å². The Labute approximate surface area is 211 Å². The predicted molar refractivity (Wildman–Crippen MR) is 131 cm³/mol. The molecule has 0 aliphatic rings. The monoisotopic (exact) mass is 528 g/mol. The molecule has 4 rings (SSSR count). The van der Waals surface area contributed by atoms with Crippen LogP contribution in [0.4, 0.5) is 14.5 Å². The molecule has 36 heavy (non-hydrogen) atoms. The molecule has 1 aromatic heterocycles. The van der Waals surface area contributed by atoms with Crippen LogP contribution in [-0.4, -0.2) is 26.0 Å². The van der Waals surface area contributed by atoms with Crippen LogP contribution in [0.1, 0.15) is 22.0 Å². The van der Waals surface area contributed by atoms with E-state index in [-0.39, 0.29) is 10.5 Å². The molecule has 1 atom stereocenters. The van der Waals surface area contributed by atoms with Crippen molar-refractivity contribution in [3.8, 4) is 0 Å². The van der Waals surface area contributed by atoms with Gasteiger partial charge in [-0.2, -0.15) is 0 Å². The lowest BCUT2D eigenvalue weighted by Crippen LogP contribution is -2.38. The van der Waals surface area contributed by atoms with E-state index in [9.17, 15) is 17.6 Å². The molecule has 1 heterocycles. The smallest absolute Gasteiger partial charge is 0.338 e. The van der Waals surface area contributed by atoms with Gasteiger partial charge in [0.2, 0.25) is 0 Å². The van der Waals surface area contributed by atoms with Gasteiger partial charge in [-0.25, -0.2) is 22.0 Å². The molecule has 0 fully saturated rings. The van der Waals surface area contributed by atoms with E-state index in [1.807, 2.05) is 0 Å². The highest BCUT2D eigenvalue weighted by Crippen LogP contribution is 2.36. The molecule has 0 amide bonds. The van der Waals surface area contributed by atoms with Crippen LogP contribution in [0.3, 0.4) is 0 Å². The lowest BCUT2D eigenvalue weighted by Gasteiger charge is -2.33. The largest absolute Gasteiger partial charge is 0.459 e. The standard InChI is InChI=1S/C26H19ClF2N2O4S/c27-20-6-9-22(10-7-20)36(33,34)31(24-16-21(28)8-11-23(24)29)25(18-4-2-1-3-5-18)17-35-26(32)19-12-14-30-15-13-19/h1-16,25H,17H2/t25-/m1/s1. The summed E-state index contributed by atoms with van der Waals surface area (Å²) in [4.78, 5) is 16.3. The van der Waals surface area contributed by atoms with Crippen LogP contribution in [0, 0.1) is 11.6 Å². The Morgan fingerprint density at radius 2 is 1.61 bits per heavy atom. The van der Waals surface area contributed by atoms with Crippen LogP contribution < -0.4 is 4.31 Å². The van der Waals surface area contributed by atoms with Crippen LogP contribution in [-0.2, 0) is 14.8 Å². The van der Waals surface area contributed by atoms with Crippen LogP contribution in [0.5, 0.6) is 0 Å². The summed E-state index contributed by atoms with van der Waals surface area (Å²) in [6.07, 6.45) is 2.81. The molecule has 0 aliphatic carbocycles. The van der Waals surface area contributed by atoms with Crippen LogP contribution in [0.2, 0.25) is 5.02 Å². The molecular formula is C26H19ClF2N2O4S. The van der Waals surface area contributed by atoms with Gasteiger partial charge >= 0.3 is 5.97 Å². The second-order valence-corrected chi connectivity index (χ2v) is 9.86. The quantitative estimate of drug-likeness (QED) is 0.270. The molecule has 0 saturated carbocycles. The van der Waals surface area contributed by atoms with E-state index < -0.39 is 46.0 Å². The number of hydrogen-bond donors (Lipinski definition) is 0. The number of carbonyl (C=O) groups is 1. The van der Waals surface area contributed by atoms with E-state index in [1.54, 1.807) is 30.3 Å². The SMILES string of the molecule is O=C(OC[C@H](c1ccccc1)N(c1cc(F)ccc1F)S(=O)(=O)c1ccc(Cl)cc1)c1ccncc1. The summed E-state index contributed by atoms with van der Waals surface area (Å²) < 4.78 is 63.3. The van der Waals surface area contributed by atoms with Gasteiger partial charge < -0.3 is 4.74 Å². The molecular weight excluding hydrogens is 510 g/mol. The maximum absolute atomic E-state index is 15.1. The van der Waals surface area contributed by atoms with Crippen molar-refractivity contribution in [1.82, 2.24) is 4.98 Å². The Bertz CT molecular complexity index is 1450. The number of ether oxygens (including phenoxy) is 1. The number of esters is 1. The molecule has 3 aromatic carbocycles. The summed E-state index contributed by atoms with van der Waals surface area (Å²) in [7, 11) is -4.50. The minimum absolute atomic E-state index is 0.195. The molecule has 0 bridgehead atoms. The lowest BCUT2D eigenvalue weighted by molar-refractivity contribution is 0.0482. The molecule has 0 aliphatic heterocycles. The number of nitrogens with zero attached hydrogens (tertiary/aromatic N) is 2. The molecule has 6 nitrogen and oxygen atoms in total. The first-order valence-corrected chi connectivity index (χ1v) is 12.5. The summed E-state index contributed by atoms with van der Waals surface area (Å²) in [5, 5.41) is 0.295. The van der Waals surface area contributed by atoms with E-state index in [4.69, 9.17) is 16.3 Å². The first kappa shape index (κ1) is 25.3. The molecule has 0 radical (unpaired) electrons. The highest BCUT2D eigenvalue weighted by Gasteiger charge is 2.36. The second kappa shape index (κ2) is 10.8. The fourth-order valence-electron chi connectivity index (χ4n) is 3.54. The van der Waals surface area contributed by atoms with Gasteiger partial charge in [-0.1, -0.05) is 41.9 Å². The number of benzene rings is 3. The third-order valence-corrected chi connectivity index (χ3v) is 7.36. The number of sulfonamides is 1. The molecule has 0 unspecified atom stereocenters. The van der Waals surface area contributed by atoms with Gasteiger partial charge in [0.25, 0.3) is 10.0 Å². The van der Waals surface area contributed by atoms with Crippen molar-refractivity contribution >= 4 is 33.3 Å². The second-order valence-electron chi connectivity index (χ2n) is 7.61. The fraction of sp³-hybridized carbons (Fsp3) is 0.0769. The number of anilines is 1. The summed E-state index contributed by atoms with van der Waals surface area (Å²) in [6, 6.07) is 17.6. The fourth-order valence-corrected chi connectivity index (χ4v) is 5.29. The zero-order valence-corrected chi connectivity index (χ0v) is 20.2. The highest BCUT2D eigenvalue weighted by molar-refractivity contribution is 7.92. The highest BCUT2D eigenvalue weighted by atomic mass is 35.5. The van der Waals surface area contributed by atoms with Crippen LogP contribution in [0.25, 0.3) is 0 Å². The summed E-state index contributed by atoms with van der Waals surface area (Å²) in [5.41, 5.74) is 0.0425. The Morgan fingerprint density at radius 1 is 0.944 bits per heavy atom. The van der Waals surface area contributed by atoms with Crippen molar-refractivity contribution in [1.29, 1.82) is 0 Å². The minimum atomic E-state index is -4.50. The normalized spacial score (nSPS) is 12.1. The summed E-state index contributed by atoms with van der Waals surface area (Å²) >= 11 is 5.93. The van der Waals surface area contributed by atoms with E-state index in [1.165, 1.54) is 48.8 Å². The minimum Gasteiger partial charge on any atom is -0.459 e. The zero-order valence-electron chi connectivity index (χ0n) is 18.6. The van der Waals surface area contributed by atoms with Gasteiger partial charge in [-0.05, 0) is 54.1 Å². The first-order valence-electron chi connectivity index (χ1n) is 10.6. The number of halogens is 3. The van der Waals surface area contributed by atoms with Crippen molar-refractivity contribution in [3.63, 3.8) is 0 Å². The molecule has 0 N–H and O–H groups in total. The number of rotatable bonds is 8. The first-order chi connectivity index (χ1) is 17.3. The van der Waals surface area contributed by atoms with Crippen molar-refractivity contribution in [2.45, 2.75) is 10.9 Å². The third-order valence-electron chi connectivity index (χ3n) is 5.27. The van der Waals surface area contributed by atoms with Crippen LogP contribution >= 0.6 is 11.6 Å². The number of hydrogen-bond acceptors (Lipinski definition) is 5. The van der Waals surface area contributed by atoms with Crippen molar-refractivity contribution < 1.29 is 26.7 Å². The maximum Gasteiger partial charge on any atom is 0.338 e. The van der Waals surface area contributed by atoms with Gasteiger partial charge in [0.1, 0.15) is 24.3 Å². The predicted octanol–water partition coefficient (Wildman–Crippen LogP) is 5.81. The van der Waals surface area contributed by atoms with E-state index in [2.05, 4.69) is 4.98 Å². The zero-order chi connectivity index (χ0) is 25.7. The van der Waals surface area contributed by atoms with Crippen molar-refractivity contribution in [3.05, 3.63) is 125 Å². The molecule has 10 heteroatoms. The van der Waals surface area contributed by atoms with Gasteiger partial charge in [0, 0.05) is 23.5 Å². The third kappa shape index (κ3) is 5.53.